The molecule has 0 spiro atoms. The summed E-state index contributed by atoms with van der Waals surface area (Å²) in [6, 6.07) is 8.77. The number of hydrogen-bond donors (Lipinski definition) is 1. The van der Waals surface area contributed by atoms with Gasteiger partial charge >= 0.3 is 0 Å². The van der Waals surface area contributed by atoms with Crippen molar-refractivity contribution >= 4 is 5.69 Å². The lowest BCUT2D eigenvalue weighted by atomic mass is 9.80. The van der Waals surface area contributed by atoms with E-state index in [0.29, 0.717) is 6.04 Å². The molecule has 1 N–H and O–H groups in total. The van der Waals surface area contributed by atoms with Crippen LogP contribution in [0.25, 0.3) is 0 Å². The van der Waals surface area contributed by atoms with Crippen LogP contribution < -0.4 is 10.1 Å². The van der Waals surface area contributed by atoms with Crippen LogP contribution in [0.15, 0.2) is 24.3 Å². The first kappa shape index (κ1) is 12.3. The van der Waals surface area contributed by atoms with E-state index in [9.17, 15) is 0 Å². The van der Waals surface area contributed by atoms with Gasteiger partial charge in [-0.2, -0.15) is 0 Å². The summed E-state index contributed by atoms with van der Waals surface area (Å²) in [5, 5.41) is 3.64. The summed E-state index contributed by atoms with van der Waals surface area (Å²) in [6.45, 7) is 4.71. The third-order valence-electron chi connectivity index (χ3n) is 3.65. The molecule has 94 valence electrons. The molecule has 0 aromatic heterocycles. The molecule has 1 aromatic carbocycles. The molecule has 1 saturated carbocycles. The van der Waals surface area contributed by atoms with Crippen LogP contribution >= 0.6 is 0 Å². The van der Waals surface area contributed by atoms with Crippen molar-refractivity contribution in [3.05, 3.63) is 24.3 Å². The van der Waals surface area contributed by atoms with Gasteiger partial charge in [-0.05, 0) is 43.2 Å². The van der Waals surface area contributed by atoms with Crippen molar-refractivity contribution in [1.29, 1.82) is 0 Å². The van der Waals surface area contributed by atoms with Gasteiger partial charge in [0.15, 0.2) is 0 Å². The zero-order chi connectivity index (χ0) is 12.3. The quantitative estimate of drug-likeness (QED) is 0.854. The van der Waals surface area contributed by atoms with Gasteiger partial charge in [0.2, 0.25) is 0 Å². The summed E-state index contributed by atoms with van der Waals surface area (Å²) in [6.07, 6.45) is 3.90. The SMILES string of the molecule is COc1ccccc1NC1CC(C)CC(C)C1. The number of methoxy groups -OCH3 is 1. The standard InChI is InChI=1S/C15H23NO/c1-11-8-12(2)10-13(9-11)16-14-6-4-5-7-15(14)17-3/h4-7,11-13,16H,8-10H2,1-3H3. The van der Waals surface area contributed by atoms with Crippen LogP contribution in [-0.2, 0) is 0 Å². The Morgan fingerprint density at radius 1 is 1.06 bits per heavy atom. The van der Waals surface area contributed by atoms with Gasteiger partial charge in [-0.25, -0.2) is 0 Å². The van der Waals surface area contributed by atoms with Gasteiger partial charge in [-0.1, -0.05) is 26.0 Å². The van der Waals surface area contributed by atoms with Crippen LogP contribution in [0.4, 0.5) is 5.69 Å². The lowest BCUT2D eigenvalue weighted by Crippen LogP contribution is -2.30. The van der Waals surface area contributed by atoms with Gasteiger partial charge in [0.1, 0.15) is 5.75 Å². The molecule has 1 aliphatic rings. The summed E-state index contributed by atoms with van der Waals surface area (Å²) in [5.41, 5.74) is 1.13. The minimum atomic E-state index is 0.588. The maximum Gasteiger partial charge on any atom is 0.141 e. The number of rotatable bonds is 3. The largest absolute Gasteiger partial charge is 0.495 e. The van der Waals surface area contributed by atoms with Gasteiger partial charge in [0, 0.05) is 6.04 Å². The summed E-state index contributed by atoms with van der Waals surface area (Å²) in [5.74, 6) is 2.59. The molecule has 2 heteroatoms. The molecule has 2 atom stereocenters. The maximum absolute atomic E-state index is 5.38. The number of para-hydroxylation sites is 2. The van der Waals surface area contributed by atoms with E-state index in [-0.39, 0.29) is 0 Å². The van der Waals surface area contributed by atoms with E-state index in [1.807, 2.05) is 12.1 Å². The Kier molecular flexibility index (Phi) is 3.93. The van der Waals surface area contributed by atoms with Crippen LogP contribution in [0.2, 0.25) is 0 Å². The second-order valence-electron chi connectivity index (χ2n) is 5.46. The molecule has 1 fully saturated rings. The van der Waals surface area contributed by atoms with Gasteiger partial charge in [-0.15, -0.1) is 0 Å². The number of hydrogen-bond acceptors (Lipinski definition) is 2. The second kappa shape index (κ2) is 5.44. The fourth-order valence-corrected chi connectivity index (χ4v) is 3.05. The van der Waals surface area contributed by atoms with E-state index in [1.54, 1.807) is 7.11 Å². The molecule has 0 heterocycles. The molecule has 0 saturated heterocycles. The molecule has 1 aromatic rings. The van der Waals surface area contributed by atoms with Crippen molar-refractivity contribution in [2.24, 2.45) is 11.8 Å². The van der Waals surface area contributed by atoms with E-state index in [0.717, 1.165) is 23.3 Å². The van der Waals surface area contributed by atoms with Crippen molar-refractivity contribution in [2.75, 3.05) is 12.4 Å². The van der Waals surface area contributed by atoms with Crippen LogP contribution in [0, 0.1) is 11.8 Å². The highest BCUT2D eigenvalue weighted by Gasteiger charge is 2.24. The monoisotopic (exact) mass is 233 g/mol. The zero-order valence-corrected chi connectivity index (χ0v) is 11.1. The first-order chi connectivity index (χ1) is 8.19. The summed E-state index contributed by atoms with van der Waals surface area (Å²) in [4.78, 5) is 0. The van der Waals surface area contributed by atoms with Crippen molar-refractivity contribution in [2.45, 2.75) is 39.2 Å². The number of ether oxygens (including phenoxy) is 1. The molecule has 0 amide bonds. The van der Waals surface area contributed by atoms with E-state index in [1.165, 1.54) is 19.3 Å². The molecule has 2 rings (SSSR count). The minimum absolute atomic E-state index is 0.588. The molecule has 2 nitrogen and oxygen atoms in total. The molecule has 2 unspecified atom stereocenters. The summed E-state index contributed by atoms with van der Waals surface area (Å²) >= 11 is 0. The Hall–Kier alpha value is -1.18. The highest BCUT2D eigenvalue weighted by molar-refractivity contribution is 5.56. The third-order valence-corrected chi connectivity index (χ3v) is 3.65. The van der Waals surface area contributed by atoms with Gasteiger partial charge in [0.05, 0.1) is 12.8 Å². The zero-order valence-electron chi connectivity index (χ0n) is 11.1. The van der Waals surface area contributed by atoms with Crippen LogP contribution in [0.5, 0.6) is 5.75 Å². The number of benzene rings is 1. The third kappa shape index (κ3) is 3.15. The minimum Gasteiger partial charge on any atom is -0.495 e. The highest BCUT2D eigenvalue weighted by Crippen LogP contribution is 2.32. The Labute approximate surface area is 104 Å². The smallest absolute Gasteiger partial charge is 0.141 e. The fraction of sp³-hybridized carbons (Fsp3) is 0.600. The Morgan fingerprint density at radius 2 is 1.71 bits per heavy atom. The van der Waals surface area contributed by atoms with Crippen molar-refractivity contribution < 1.29 is 4.74 Å². The van der Waals surface area contributed by atoms with Gasteiger partial charge in [-0.3, -0.25) is 0 Å². The first-order valence-corrected chi connectivity index (χ1v) is 6.58. The number of anilines is 1. The van der Waals surface area contributed by atoms with Crippen molar-refractivity contribution in [1.82, 2.24) is 0 Å². The lowest BCUT2D eigenvalue weighted by Gasteiger charge is -2.32. The summed E-state index contributed by atoms with van der Waals surface area (Å²) < 4.78 is 5.38. The predicted octanol–water partition coefficient (Wildman–Crippen LogP) is 3.93. The van der Waals surface area contributed by atoms with Crippen molar-refractivity contribution in [3.8, 4) is 5.75 Å². The number of nitrogens with one attached hydrogen (secondary N) is 1. The molecule has 1 aliphatic carbocycles. The van der Waals surface area contributed by atoms with E-state index < -0.39 is 0 Å². The second-order valence-corrected chi connectivity index (χ2v) is 5.46. The highest BCUT2D eigenvalue weighted by atomic mass is 16.5. The lowest BCUT2D eigenvalue weighted by molar-refractivity contribution is 0.280. The van der Waals surface area contributed by atoms with Crippen LogP contribution in [0.1, 0.15) is 33.1 Å². The average Bonchev–Trinajstić information content (AvgIpc) is 2.28. The first-order valence-electron chi connectivity index (χ1n) is 6.58. The molecule has 0 radical (unpaired) electrons. The predicted molar refractivity (Wildman–Crippen MR) is 72.6 cm³/mol. The van der Waals surface area contributed by atoms with E-state index >= 15 is 0 Å². The van der Waals surface area contributed by atoms with Gasteiger partial charge in [0.25, 0.3) is 0 Å². The van der Waals surface area contributed by atoms with Crippen molar-refractivity contribution in [3.63, 3.8) is 0 Å². The van der Waals surface area contributed by atoms with E-state index in [4.69, 9.17) is 4.74 Å². The van der Waals surface area contributed by atoms with Crippen LogP contribution in [0.3, 0.4) is 0 Å². The summed E-state index contributed by atoms with van der Waals surface area (Å²) in [7, 11) is 1.73. The Balaban J connectivity index is 2.04. The van der Waals surface area contributed by atoms with E-state index in [2.05, 4.69) is 31.3 Å². The Bertz CT molecular complexity index is 354. The maximum atomic E-state index is 5.38. The molecule has 0 aliphatic heterocycles. The van der Waals surface area contributed by atoms with Gasteiger partial charge < -0.3 is 10.1 Å². The van der Waals surface area contributed by atoms with Crippen LogP contribution in [-0.4, -0.2) is 13.2 Å². The molecular weight excluding hydrogens is 210 g/mol. The fourth-order valence-electron chi connectivity index (χ4n) is 3.05. The topological polar surface area (TPSA) is 21.3 Å². The average molecular weight is 233 g/mol. The molecule has 0 bridgehead atoms. The Morgan fingerprint density at radius 3 is 2.35 bits per heavy atom. The molecule has 17 heavy (non-hydrogen) atoms. The normalized spacial score (nSPS) is 28.8. The molecular formula is C15H23NO.